The van der Waals surface area contributed by atoms with Gasteiger partial charge in [-0.1, -0.05) is 20.8 Å². The lowest BCUT2D eigenvalue weighted by Crippen LogP contribution is -2.17. The van der Waals surface area contributed by atoms with Crippen molar-refractivity contribution >= 4 is 27.3 Å². The molecule has 0 radical (unpaired) electrons. The number of rotatable bonds is 4. The van der Waals surface area contributed by atoms with E-state index in [1.165, 1.54) is 6.07 Å². The van der Waals surface area contributed by atoms with Gasteiger partial charge in [-0.05, 0) is 33.8 Å². The third-order valence-electron chi connectivity index (χ3n) is 2.85. The van der Waals surface area contributed by atoms with Crippen LogP contribution < -0.4 is 11.1 Å². The van der Waals surface area contributed by atoms with Gasteiger partial charge in [0.05, 0.1) is 15.8 Å². The van der Waals surface area contributed by atoms with Crippen molar-refractivity contribution < 1.29 is 4.39 Å². The maximum absolute atomic E-state index is 13.3. The summed E-state index contributed by atoms with van der Waals surface area (Å²) in [7, 11) is 0. The summed E-state index contributed by atoms with van der Waals surface area (Å²) < 4.78 is 13.7. The van der Waals surface area contributed by atoms with Crippen LogP contribution in [0.1, 0.15) is 20.8 Å². The molecular weight excluding hydrogens is 271 g/mol. The third-order valence-corrected chi connectivity index (χ3v) is 3.45. The van der Waals surface area contributed by atoms with Crippen molar-refractivity contribution in [3.63, 3.8) is 0 Å². The molecule has 1 aromatic carbocycles. The summed E-state index contributed by atoms with van der Waals surface area (Å²) in [4.78, 5) is 0. The SMILES string of the molecule is CC(C)C(C)CNc1cc(F)c(Br)cc1N. The van der Waals surface area contributed by atoms with Crippen molar-refractivity contribution in [1.82, 2.24) is 0 Å². The Bertz CT molecular complexity index is 366. The minimum absolute atomic E-state index is 0.297. The number of halogens is 2. The molecular formula is C12H18BrFN2. The van der Waals surface area contributed by atoms with E-state index in [1.807, 2.05) is 0 Å². The van der Waals surface area contributed by atoms with Gasteiger partial charge in [0.1, 0.15) is 5.82 Å². The molecule has 0 aromatic heterocycles. The lowest BCUT2D eigenvalue weighted by Gasteiger charge is -2.18. The highest BCUT2D eigenvalue weighted by Crippen LogP contribution is 2.26. The van der Waals surface area contributed by atoms with Gasteiger partial charge in [-0.15, -0.1) is 0 Å². The van der Waals surface area contributed by atoms with Crippen LogP contribution in [-0.4, -0.2) is 6.54 Å². The fraction of sp³-hybridized carbons (Fsp3) is 0.500. The summed E-state index contributed by atoms with van der Waals surface area (Å²) in [5.74, 6) is 0.814. The Balaban J connectivity index is 2.71. The van der Waals surface area contributed by atoms with Crippen LogP contribution in [0.3, 0.4) is 0 Å². The van der Waals surface area contributed by atoms with E-state index < -0.39 is 0 Å². The molecule has 0 saturated carbocycles. The van der Waals surface area contributed by atoms with E-state index in [1.54, 1.807) is 6.07 Å². The molecule has 0 spiro atoms. The summed E-state index contributed by atoms with van der Waals surface area (Å²) in [5, 5.41) is 3.18. The number of anilines is 2. The zero-order valence-corrected chi connectivity index (χ0v) is 11.4. The monoisotopic (exact) mass is 288 g/mol. The molecule has 0 saturated heterocycles. The molecule has 3 N–H and O–H groups in total. The highest BCUT2D eigenvalue weighted by atomic mass is 79.9. The van der Waals surface area contributed by atoms with Crippen LogP contribution in [0.25, 0.3) is 0 Å². The molecule has 1 atom stereocenters. The standard InChI is InChI=1S/C12H18BrFN2/c1-7(2)8(3)6-16-12-5-10(14)9(13)4-11(12)15/h4-5,7-8,16H,6,15H2,1-3H3. The van der Waals surface area contributed by atoms with Gasteiger partial charge in [0.2, 0.25) is 0 Å². The van der Waals surface area contributed by atoms with E-state index in [0.29, 0.717) is 27.7 Å². The fourth-order valence-electron chi connectivity index (χ4n) is 1.22. The Kier molecular flexibility index (Phi) is 4.59. The Labute approximate surface area is 105 Å². The smallest absolute Gasteiger partial charge is 0.139 e. The molecule has 0 aliphatic carbocycles. The highest BCUT2D eigenvalue weighted by Gasteiger charge is 2.09. The number of benzene rings is 1. The average Bonchev–Trinajstić information content (AvgIpc) is 2.20. The first-order valence-electron chi connectivity index (χ1n) is 5.40. The van der Waals surface area contributed by atoms with Gasteiger partial charge < -0.3 is 11.1 Å². The maximum Gasteiger partial charge on any atom is 0.139 e. The van der Waals surface area contributed by atoms with E-state index in [0.717, 1.165) is 6.54 Å². The van der Waals surface area contributed by atoms with Gasteiger partial charge in [-0.3, -0.25) is 0 Å². The molecule has 1 unspecified atom stereocenters. The molecule has 1 rings (SSSR count). The number of nitrogens with one attached hydrogen (secondary N) is 1. The number of nitrogens with two attached hydrogens (primary N) is 1. The summed E-state index contributed by atoms with van der Waals surface area (Å²) >= 11 is 3.10. The van der Waals surface area contributed by atoms with Crippen LogP contribution in [0.15, 0.2) is 16.6 Å². The summed E-state index contributed by atoms with van der Waals surface area (Å²) in [6, 6.07) is 3.00. The van der Waals surface area contributed by atoms with Gasteiger partial charge in [-0.25, -0.2) is 4.39 Å². The Morgan fingerprint density at radius 3 is 2.56 bits per heavy atom. The van der Waals surface area contributed by atoms with Crippen molar-refractivity contribution in [3.8, 4) is 0 Å². The van der Waals surface area contributed by atoms with Crippen LogP contribution in [0.2, 0.25) is 0 Å². The fourth-order valence-corrected chi connectivity index (χ4v) is 1.58. The molecule has 2 nitrogen and oxygen atoms in total. The van der Waals surface area contributed by atoms with E-state index in [4.69, 9.17) is 5.73 Å². The van der Waals surface area contributed by atoms with Gasteiger partial charge in [0, 0.05) is 12.6 Å². The van der Waals surface area contributed by atoms with E-state index in [2.05, 4.69) is 42.0 Å². The van der Waals surface area contributed by atoms with Gasteiger partial charge in [-0.2, -0.15) is 0 Å². The molecule has 16 heavy (non-hydrogen) atoms. The second kappa shape index (κ2) is 5.53. The van der Waals surface area contributed by atoms with Crippen LogP contribution in [-0.2, 0) is 0 Å². The zero-order valence-electron chi connectivity index (χ0n) is 9.85. The van der Waals surface area contributed by atoms with Crippen LogP contribution >= 0.6 is 15.9 Å². The molecule has 0 bridgehead atoms. The van der Waals surface area contributed by atoms with Crippen LogP contribution in [0.4, 0.5) is 15.8 Å². The second-order valence-electron chi connectivity index (χ2n) is 4.46. The summed E-state index contributed by atoms with van der Waals surface area (Å²) in [6.07, 6.45) is 0. The molecule has 0 amide bonds. The molecule has 4 heteroatoms. The predicted molar refractivity (Wildman–Crippen MR) is 71.0 cm³/mol. The molecule has 0 aliphatic heterocycles. The predicted octanol–water partition coefficient (Wildman–Crippen LogP) is 3.87. The first-order valence-corrected chi connectivity index (χ1v) is 6.19. The van der Waals surface area contributed by atoms with Crippen molar-refractivity contribution in [2.45, 2.75) is 20.8 Å². The van der Waals surface area contributed by atoms with Crippen molar-refractivity contribution in [1.29, 1.82) is 0 Å². The molecule has 90 valence electrons. The molecule has 1 aromatic rings. The summed E-state index contributed by atoms with van der Waals surface area (Å²) in [5.41, 5.74) is 7.01. The topological polar surface area (TPSA) is 38.0 Å². The lowest BCUT2D eigenvalue weighted by molar-refractivity contribution is 0.440. The first-order chi connectivity index (χ1) is 7.41. The van der Waals surface area contributed by atoms with Gasteiger partial charge >= 0.3 is 0 Å². The van der Waals surface area contributed by atoms with Gasteiger partial charge in [0.15, 0.2) is 0 Å². The molecule has 0 heterocycles. The largest absolute Gasteiger partial charge is 0.397 e. The Hall–Kier alpha value is -0.770. The van der Waals surface area contributed by atoms with E-state index in [9.17, 15) is 4.39 Å². The zero-order chi connectivity index (χ0) is 12.3. The summed E-state index contributed by atoms with van der Waals surface area (Å²) in [6.45, 7) is 7.28. The van der Waals surface area contributed by atoms with Crippen LogP contribution in [0.5, 0.6) is 0 Å². The molecule has 0 aliphatic rings. The molecule has 0 fully saturated rings. The van der Waals surface area contributed by atoms with Crippen LogP contribution in [0, 0.1) is 17.7 Å². The maximum atomic E-state index is 13.3. The second-order valence-corrected chi connectivity index (χ2v) is 5.31. The van der Waals surface area contributed by atoms with Crippen molar-refractivity contribution in [2.24, 2.45) is 11.8 Å². The van der Waals surface area contributed by atoms with E-state index in [-0.39, 0.29) is 5.82 Å². The number of nitrogen functional groups attached to an aromatic ring is 1. The van der Waals surface area contributed by atoms with Gasteiger partial charge in [0.25, 0.3) is 0 Å². The quantitative estimate of drug-likeness (QED) is 0.826. The average molecular weight is 289 g/mol. The Morgan fingerprint density at radius 1 is 1.38 bits per heavy atom. The first kappa shape index (κ1) is 13.3. The number of hydrogen-bond donors (Lipinski definition) is 2. The third kappa shape index (κ3) is 3.37. The number of hydrogen-bond acceptors (Lipinski definition) is 2. The normalized spacial score (nSPS) is 12.9. The highest BCUT2D eigenvalue weighted by molar-refractivity contribution is 9.10. The van der Waals surface area contributed by atoms with E-state index >= 15 is 0 Å². The minimum Gasteiger partial charge on any atom is -0.397 e. The lowest BCUT2D eigenvalue weighted by atomic mass is 9.98. The van der Waals surface area contributed by atoms with Crippen molar-refractivity contribution in [2.75, 3.05) is 17.6 Å². The Morgan fingerprint density at radius 2 is 2.00 bits per heavy atom. The van der Waals surface area contributed by atoms with Crippen molar-refractivity contribution in [3.05, 3.63) is 22.4 Å². The minimum atomic E-state index is -0.297.